The van der Waals surface area contributed by atoms with E-state index in [-0.39, 0.29) is 6.09 Å². The van der Waals surface area contributed by atoms with Crippen molar-refractivity contribution in [2.45, 2.75) is 64.7 Å². The Morgan fingerprint density at radius 3 is 2.41 bits per heavy atom. The smallest absolute Gasteiger partial charge is 0.411 e. The largest absolute Gasteiger partial charge is 0.492 e. The average molecular weight is 377 g/mol. The molecule has 0 spiro atoms. The lowest BCUT2D eigenvalue weighted by molar-refractivity contribution is 0.159. The molecule has 1 N–H and O–H groups in total. The molecule has 27 heavy (non-hydrogen) atoms. The monoisotopic (exact) mass is 376 g/mol. The van der Waals surface area contributed by atoms with Gasteiger partial charge in [-0.2, -0.15) is 0 Å². The van der Waals surface area contributed by atoms with E-state index in [0.29, 0.717) is 13.2 Å². The van der Waals surface area contributed by atoms with E-state index < -0.39 is 0 Å². The van der Waals surface area contributed by atoms with Crippen LogP contribution in [0.4, 0.5) is 10.5 Å². The molecule has 0 unspecified atom stereocenters. The molecule has 0 aromatic heterocycles. The Hall–Kier alpha value is -1.75. The Morgan fingerprint density at radius 1 is 0.963 bits per heavy atom. The van der Waals surface area contributed by atoms with Crippen molar-refractivity contribution in [2.75, 3.05) is 38.2 Å². The predicted octanol–water partition coefficient (Wildman–Crippen LogP) is 5.46. The van der Waals surface area contributed by atoms with Crippen molar-refractivity contribution in [1.29, 1.82) is 0 Å². The molecule has 5 heteroatoms. The molecule has 0 atom stereocenters. The second-order valence-corrected chi connectivity index (χ2v) is 7.30. The van der Waals surface area contributed by atoms with Gasteiger partial charge in [-0.25, -0.2) is 4.79 Å². The molecule has 1 fully saturated rings. The zero-order valence-corrected chi connectivity index (χ0v) is 16.9. The number of hydrogen-bond donors (Lipinski definition) is 1. The number of anilines is 1. The molecular formula is C22H36N2O3. The van der Waals surface area contributed by atoms with Crippen LogP contribution in [0.25, 0.3) is 0 Å². The fourth-order valence-electron chi connectivity index (χ4n) is 3.31. The van der Waals surface area contributed by atoms with Crippen LogP contribution < -0.4 is 10.1 Å². The quantitative estimate of drug-likeness (QED) is 0.492. The molecule has 1 heterocycles. The van der Waals surface area contributed by atoms with E-state index in [1.807, 2.05) is 24.3 Å². The van der Waals surface area contributed by atoms with Gasteiger partial charge in [-0.15, -0.1) is 0 Å². The number of likely N-dealkylation sites (tertiary alicyclic amines) is 1. The highest BCUT2D eigenvalue weighted by Gasteiger charge is 2.09. The topological polar surface area (TPSA) is 50.8 Å². The summed E-state index contributed by atoms with van der Waals surface area (Å²) in [6.07, 6.45) is 10.7. The van der Waals surface area contributed by atoms with Gasteiger partial charge in [0.1, 0.15) is 12.4 Å². The molecule has 2 rings (SSSR count). The van der Waals surface area contributed by atoms with Crippen molar-refractivity contribution in [3.63, 3.8) is 0 Å². The molecule has 152 valence electrons. The average Bonchev–Trinajstić information content (AvgIpc) is 2.69. The summed E-state index contributed by atoms with van der Waals surface area (Å²) in [6.45, 7) is 6.75. The molecule has 0 aliphatic carbocycles. The Labute approximate surface area is 164 Å². The fraction of sp³-hybridized carbons (Fsp3) is 0.682. The summed E-state index contributed by atoms with van der Waals surface area (Å²) in [5.74, 6) is 0.831. The summed E-state index contributed by atoms with van der Waals surface area (Å²) in [6, 6.07) is 7.48. The van der Waals surface area contributed by atoms with Gasteiger partial charge >= 0.3 is 6.09 Å². The maximum Gasteiger partial charge on any atom is 0.411 e. The zero-order valence-electron chi connectivity index (χ0n) is 16.9. The molecule has 0 bridgehead atoms. The number of benzene rings is 1. The van der Waals surface area contributed by atoms with E-state index in [1.165, 1.54) is 58.0 Å². The molecule has 5 nitrogen and oxygen atoms in total. The molecule has 0 saturated carbocycles. The van der Waals surface area contributed by atoms with Crippen molar-refractivity contribution in [3.05, 3.63) is 24.3 Å². The van der Waals surface area contributed by atoms with Crippen molar-refractivity contribution in [1.82, 2.24) is 4.90 Å². The van der Waals surface area contributed by atoms with E-state index in [0.717, 1.165) is 30.8 Å². The van der Waals surface area contributed by atoms with Crippen molar-refractivity contribution >= 4 is 11.8 Å². The van der Waals surface area contributed by atoms with Crippen LogP contribution in [0.2, 0.25) is 0 Å². The lowest BCUT2D eigenvalue weighted by Gasteiger charge is -2.26. The van der Waals surface area contributed by atoms with Gasteiger partial charge < -0.3 is 9.47 Å². The van der Waals surface area contributed by atoms with Gasteiger partial charge in [0.15, 0.2) is 0 Å². The van der Waals surface area contributed by atoms with Gasteiger partial charge in [0.05, 0.1) is 6.61 Å². The Balaban J connectivity index is 1.55. The number of piperidine rings is 1. The number of amides is 1. The van der Waals surface area contributed by atoms with Crippen molar-refractivity contribution in [3.8, 4) is 5.75 Å². The maximum absolute atomic E-state index is 11.8. The standard InChI is InChI=1S/C22H36N2O3/c1-2-3-4-5-6-10-18-27-22(25)23-20-11-13-21(14-12-20)26-19-17-24-15-8-7-9-16-24/h11-14H,2-10,15-19H2,1H3,(H,23,25). The number of unbranched alkanes of at least 4 members (excludes halogenated alkanes) is 5. The minimum Gasteiger partial charge on any atom is -0.492 e. The molecule has 1 aliphatic heterocycles. The number of nitrogens with one attached hydrogen (secondary N) is 1. The lowest BCUT2D eigenvalue weighted by Crippen LogP contribution is -2.33. The summed E-state index contributed by atoms with van der Waals surface area (Å²) < 4.78 is 11.0. The predicted molar refractivity (Wildman–Crippen MR) is 111 cm³/mol. The zero-order chi connectivity index (χ0) is 19.2. The second-order valence-electron chi connectivity index (χ2n) is 7.30. The van der Waals surface area contributed by atoms with Gasteiger partial charge in [0.2, 0.25) is 0 Å². The SMILES string of the molecule is CCCCCCCCOC(=O)Nc1ccc(OCCN2CCCCC2)cc1. The van der Waals surface area contributed by atoms with Gasteiger partial charge in [-0.3, -0.25) is 10.2 Å². The molecule has 1 aromatic rings. The van der Waals surface area contributed by atoms with E-state index in [9.17, 15) is 4.79 Å². The van der Waals surface area contributed by atoms with Crippen LogP contribution in [0.15, 0.2) is 24.3 Å². The number of rotatable bonds is 12. The molecular weight excluding hydrogens is 340 g/mol. The van der Waals surface area contributed by atoms with Gasteiger partial charge in [0.25, 0.3) is 0 Å². The van der Waals surface area contributed by atoms with Gasteiger partial charge in [-0.05, 0) is 56.6 Å². The minimum atomic E-state index is -0.387. The number of carbonyl (C=O) groups excluding carboxylic acids is 1. The summed E-state index contributed by atoms with van der Waals surface area (Å²) >= 11 is 0. The highest BCUT2D eigenvalue weighted by atomic mass is 16.5. The highest BCUT2D eigenvalue weighted by molar-refractivity contribution is 5.84. The lowest BCUT2D eigenvalue weighted by atomic mass is 10.1. The minimum absolute atomic E-state index is 0.387. The summed E-state index contributed by atoms with van der Waals surface area (Å²) in [5.41, 5.74) is 0.728. The Morgan fingerprint density at radius 2 is 1.67 bits per heavy atom. The molecule has 1 amide bonds. The Bertz CT molecular complexity index is 513. The van der Waals surface area contributed by atoms with E-state index >= 15 is 0 Å². The van der Waals surface area contributed by atoms with Gasteiger partial charge in [-0.1, -0.05) is 45.4 Å². The van der Waals surface area contributed by atoms with Crippen LogP contribution in [-0.2, 0) is 4.74 Å². The van der Waals surface area contributed by atoms with Crippen LogP contribution in [-0.4, -0.2) is 43.8 Å². The number of nitrogens with zero attached hydrogens (tertiary/aromatic N) is 1. The summed E-state index contributed by atoms with van der Waals surface area (Å²) in [4.78, 5) is 14.3. The van der Waals surface area contributed by atoms with E-state index in [1.54, 1.807) is 0 Å². The first-order valence-corrected chi connectivity index (χ1v) is 10.7. The summed E-state index contributed by atoms with van der Waals surface area (Å²) in [5, 5.41) is 2.76. The first-order valence-electron chi connectivity index (χ1n) is 10.7. The third-order valence-electron chi connectivity index (χ3n) is 4.96. The molecule has 0 radical (unpaired) electrons. The first kappa shape index (κ1) is 21.5. The second kappa shape index (κ2) is 13.4. The van der Waals surface area contributed by atoms with Crippen molar-refractivity contribution < 1.29 is 14.3 Å². The Kier molecular flexibility index (Phi) is 10.7. The number of hydrogen-bond acceptors (Lipinski definition) is 4. The van der Waals surface area contributed by atoms with Crippen LogP contribution in [0.3, 0.4) is 0 Å². The van der Waals surface area contributed by atoms with Crippen molar-refractivity contribution in [2.24, 2.45) is 0 Å². The van der Waals surface area contributed by atoms with Crippen LogP contribution in [0.5, 0.6) is 5.75 Å². The number of ether oxygens (including phenoxy) is 2. The summed E-state index contributed by atoms with van der Waals surface area (Å²) in [7, 11) is 0. The molecule has 1 aliphatic rings. The van der Waals surface area contributed by atoms with E-state index in [4.69, 9.17) is 9.47 Å². The van der Waals surface area contributed by atoms with Crippen LogP contribution in [0.1, 0.15) is 64.7 Å². The highest BCUT2D eigenvalue weighted by Crippen LogP contribution is 2.16. The first-order chi connectivity index (χ1) is 13.3. The normalized spacial score (nSPS) is 14.7. The molecule has 1 saturated heterocycles. The van der Waals surface area contributed by atoms with Crippen LogP contribution in [0, 0.1) is 0 Å². The van der Waals surface area contributed by atoms with E-state index in [2.05, 4.69) is 17.1 Å². The maximum atomic E-state index is 11.8. The third-order valence-corrected chi connectivity index (χ3v) is 4.96. The van der Waals surface area contributed by atoms with Gasteiger partial charge in [0, 0.05) is 12.2 Å². The van der Waals surface area contributed by atoms with Crippen LogP contribution >= 0.6 is 0 Å². The third kappa shape index (κ3) is 9.66. The fourth-order valence-corrected chi connectivity index (χ4v) is 3.31. The number of carbonyl (C=O) groups is 1. The molecule has 1 aromatic carbocycles.